The van der Waals surface area contributed by atoms with Gasteiger partial charge in [-0.05, 0) is 32.0 Å². The quantitative estimate of drug-likeness (QED) is 0.925. The molecular weight excluding hydrogens is 280 g/mol. The van der Waals surface area contributed by atoms with E-state index in [0.717, 1.165) is 28.5 Å². The predicted molar refractivity (Wildman–Crippen MR) is 73.3 cm³/mol. The zero-order valence-electron chi connectivity index (χ0n) is 9.96. The summed E-state index contributed by atoms with van der Waals surface area (Å²) in [5.74, 6) is 0.0577. The highest BCUT2D eigenvalue weighted by Gasteiger charge is 2.14. The largest absolute Gasteiger partial charge is 0.350 e. The summed E-state index contributed by atoms with van der Waals surface area (Å²) in [5, 5.41) is 1.06. The predicted octanol–water partition coefficient (Wildman–Crippen LogP) is 3.41. The van der Waals surface area contributed by atoms with Crippen molar-refractivity contribution in [2.24, 2.45) is 0 Å². The molecule has 1 N–H and O–H groups in total. The molecule has 1 heterocycles. The lowest BCUT2D eigenvalue weighted by atomic mass is 10.2. The van der Waals surface area contributed by atoms with Crippen LogP contribution in [0.15, 0.2) is 28.7 Å². The molecule has 1 aromatic carbocycles. The molecule has 4 heteroatoms. The Bertz CT molecular complexity index is 543. The SMILES string of the molecule is CCN(CC)C(=O)c1cc2ccc(Br)cc2[nH]1. The summed E-state index contributed by atoms with van der Waals surface area (Å²) in [4.78, 5) is 17.1. The molecule has 1 amide bonds. The first-order chi connectivity index (χ1) is 8.15. The maximum atomic E-state index is 12.1. The number of rotatable bonds is 3. The summed E-state index contributed by atoms with van der Waals surface area (Å²) in [7, 11) is 0. The van der Waals surface area contributed by atoms with E-state index in [9.17, 15) is 4.79 Å². The van der Waals surface area contributed by atoms with Gasteiger partial charge < -0.3 is 9.88 Å². The van der Waals surface area contributed by atoms with Crippen molar-refractivity contribution in [1.29, 1.82) is 0 Å². The number of amides is 1. The van der Waals surface area contributed by atoms with Gasteiger partial charge in [-0.1, -0.05) is 22.0 Å². The molecule has 0 saturated carbocycles. The van der Waals surface area contributed by atoms with Crippen LogP contribution < -0.4 is 0 Å². The smallest absolute Gasteiger partial charge is 0.270 e. The van der Waals surface area contributed by atoms with Crippen LogP contribution in [0.4, 0.5) is 0 Å². The molecule has 0 aliphatic heterocycles. The van der Waals surface area contributed by atoms with Gasteiger partial charge in [0, 0.05) is 28.5 Å². The van der Waals surface area contributed by atoms with E-state index >= 15 is 0 Å². The van der Waals surface area contributed by atoms with Crippen molar-refractivity contribution in [3.05, 3.63) is 34.4 Å². The van der Waals surface area contributed by atoms with E-state index in [1.165, 1.54) is 0 Å². The van der Waals surface area contributed by atoms with Gasteiger partial charge >= 0.3 is 0 Å². The first-order valence-corrected chi connectivity index (χ1v) is 6.52. The lowest BCUT2D eigenvalue weighted by Gasteiger charge is -2.17. The number of fused-ring (bicyclic) bond motifs is 1. The Morgan fingerprint density at radius 3 is 2.65 bits per heavy atom. The molecule has 17 heavy (non-hydrogen) atoms. The van der Waals surface area contributed by atoms with Gasteiger partial charge in [0.25, 0.3) is 5.91 Å². The van der Waals surface area contributed by atoms with E-state index in [1.807, 2.05) is 38.1 Å². The summed E-state index contributed by atoms with van der Waals surface area (Å²) in [6, 6.07) is 7.85. The highest BCUT2D eigenvalue weighted by Crippen LogP contribution is 2.21. The van der Waals surface area contributed by atoms with Crippen LogP contribution in [0.25, 0.3) is 10.9 Å². The van der Waals surface area contributed by atoms with Gasteiger partial charge in [-0.15, -0.1) is 0 Å². The second-order valence-electron chi connectivity index (χ2n) is 3.89. The fraction of sp³-hybridized carbons (Fsp3) is 0.308. The summed E-state index contributed by atoms with van der Waals surface area (Å²) in [6.45, 7) is 5.43. The van der Waals surface area contributed by atoms with Crippen LogP contribution >= 0.6 is 15.9 Å². The second kappa shape index (κ2) is 4.92. The fourth-order valence-electron chi connectivity index (χ4n) is 1.90. The zero-order valence-corrected chi connectivity index (χ0v) is 11.5. The highest BCUT2D eigenvalue weighted by molar-refractivity contribution is 9.10. The molecule has 2 rings (SSSR count). The maximum Gasteiger partial charge on any atom is 0.270 e. The van der Waals surface area contributed by atoms with Gasteiger partial charge in [0.1, 0.15) is 5.69 Å². The van der Waals surface area contributed by atoms with Crippen LogP contribution in [-0.2, 0) is 0 Å². The van der Waals surface area contributed by atoms with E-state index in [-0.39, 0.29) is 5.91 Å². The normalized spacial score (nSPS) is 10.8. The Balaban J connectivity index is 2.39. The van der Waals surface area contributed by atoms with Gasteiger partial charge in [-0.2, -0.15) is 0 Å². The summed E-state index contributed by atoms with van der Waals surface area (Å²) < 4.78 is 1.01. The molecule has 0 aliphatic carbocycles. The lowest BCUT2D eigenvalue weighted by molar-refractivity contribution is 0.0768. The van der Waals surface area contributed by atoms with Gasteiger partial charge in [0.2, 0.25) is 0 Å². The van der Waals surface area contributed by atoms with Crippen LogP contribution in [0.5, 0.6) is 0 Å². The summed E-state index contributed by atoms with van der Waals surface area (Å²) >= 11 is 3.42. The van der Waals surface area contributed by atoms with E-state index < -0.39 is 0 Å². The van der Waals surface area contributed by atoms with Gasteiger partial charge in [-0.25, -0.2) is 0 Å². The molecule has 0 aliphatic rings. The van der Waals surface area contributed by atoms with Gasteiger partial charge in [0.05, 0.1) is 0 Å². The Hall–Kier alpha value is -1.29. The number of carbonyl (C=O) groups is 1. The van der Waals surface area contributed by atoms with Crippen molar-refractivity contribution in [2.75, 3.05) is 13.1 Å². The molecule has 0 radical (unpaired) electrons. The van der Waals surface area contributed by atoms with E-state index in [0.29, 0.717) is 5.69 Å². The molecule has 2 aromatic rings. The van der Waals surface area contributed by atoms with Gasteiger partial charge in [0.15, 0.2) is 0 Å². The maximum absolute atomic E-state index is 12.1. The summed E-state index contributed by atoms with van der Waals surface area (Å²) in [5.41, 5.74) is 1.64. The number of carbonyl (C=O) groups excluding carboxylic acids is 1. The first-order valence-electron chi connectivity index (χ1n) is 5.73. The molecule has 90 valence electrons. The number of nitrogens with one attached hydrogen (secondary N) is 1. The molecular formula is C13H15BrN2O. The number of hydrogen-bond donors (Lipinski definition) is 1. The summed E-state index contributed by atoms with van der Waals surface area (Å²) in [6.07, 6.45) is 0. The number of benzene rings is 1. The number of nitrogens with zero attached hydrogens (tertiary/aromatic N) is 1. The van der Waals surface area contributed by atoms with Crippen molar-refractivity contribution >= 4 is 32.7 Å². The second-order valence-corrected chi connectivity index (χ2v) is 4.81. The Morgan fingerprint density at radius 1 is 1.29 bits per heavy atom. The van der Waals surface area contributed by atoms with Crippen LogP contribution in [0, 0.1) is 0 Å². The number of H-pyrrole nitrogens is 1. The molecule has 0 unspecified atom stereocenters. The van der Waals surface area contributed by atoms with Crippen molar-refractivity contribution in [2.45, 2.75) is 13.8 Å². The van der Waals surface area contributed by atoms with Crippen LogP contribution in [-0.4, -0.2) is 28.9 Å². The molecule has 0 spiro atoms. The van der Waals surface area contributed by atoms with Gasteiger partial charge in [-0.3, -0.25) is 4.79 Å². The van der Waals surface area contributed by atoms with Crippen molar-refractivity contribution in [3.8, 4) is 0 Å². The average Bonchev–Trinajstić information content (AvgIpc) is 2.73. The van der Waals surface area contributed by atoms with Crippen LogP contribution in [0.3, 0.4) is 0 Å². The third-order valence-electron chi connectivity index (χ3n) is 2.87. The molecule has 0 fully saturated rings. The van der Waals surface area contributed by atoms with Crippen LogP contribution in [0.2, 0.25) is 0 Å². The molecule has 0 bridgehead atoms. The minimum atomic E-state index is 0.0577. The Morgan fingerprint density at radius 2 is 2.00 bits per heavy atom. The lowest BCUT2D eigenvalue weighted by Crippen LogP contribution is -2.30. The number of hydrogen-bond acceptors (Lipinski definition) is 1. The topological polar surface area (TPSA) is 36.1 Å². The van der Waals surface area contributed by atoms with Crippen molar-refractivity contribution in [3.63, 3.8) is 0 Å². The number of halogens is 1. The molecule has 1 aromatic heterocycles. The Labute approximate surface area is 109 Å². The number of aromatic nitrogens is 1. The fourth-order valence-corrected chi connectivity index (χ4v) is 2.26. The average molecular weight is 295 g/mol. The van der Waals surface area contributed by atoms with Crippen LogP contribution in [0.1, 0.15) is 24.3 Å². The Kier molecular flexibility index (Phi) is 3.52. The van der Waals surface area contributed by atoms with E-state index in [4.69, 9.17) is 0 Å². The third-order valence-corrected chi connectivity index (χ3v) is 3.36. The molecule has 0 atom stereocenters. The van der Waals surface area contributed by atoms with E-state index in [2.05, 4.69) is 20.9 Å². The zero-order chi connectivity index (χ0) is 12.4. The number of aromatic amines is 1. The molecule has 3 nitrogen and oxygen atoms in total. The monoisotopic (exact) mass is 294 g/mol. The highest BCUT2D eigenvalue weighted by atomic mass is 79.9. The standard InChI is InChI=1S/C13H15BrN2O/c1-3-16(4-2)13(17)12-7-9-5-6-10(14)8-11(9)15-12/h5-8,15H,3-4H2,1-2H3. The molecule has 0 saturated heterocycles. The van der Waals surface area contributed by atoms with E-state index in [1.54, 1.807) is 4.90 Å². The van der Waals surface area contributed by atoms with Crippen molar-refractivity contribution in [1.82, 2.24) is 9.88 Å². The minimum absolute atomic E-state index is 0.0577. The van der Waals surface area contributed by atoms with Crippen molar-refractivity contribution < 1.29 is 4.79 Å². The third kappa shape index (κ3) is 2.36. The minimum Gasteiger partial charge on any atom is -0.350 e. The first kappa shape index (κ1) is 12.2.